The van der Waals surface area contributed by atoms with Crippen LogP contribution in [0, 0.1) is 16.3 Å². The summed E-state index contributed by atoms with van der Waals surface area (Å²) in [6.07, 6.45) is 0.301. The predicted molar refractivity (Wildman–Crippen MR) is 133 cm³/mol. The van der Waals surface area contributed by atoms with Gasteiger partial charge >= 0.3 is 0 Å². The molecule has 2 aromatic carbocycles. The zero-order valence-electron chi connectivity index (χ0n) is 18.2. The van der Waals surface area contributed by atoms with Gasteiger partial charge in [-0.2, -0.15) is 0 Å². The van der Waals surface area contributed by atoms with Crippen molar-refractivity contribution in [3.63, 3.8) is 0 Å². The fourth-order valence-corrected chi connectivity index (χ4v) is 3.53. The molecule has 2 amide bonds. The van der Waals surface area contributed by atoms with Gasteiger partial charge in [-0.25, -0.2) is 4.39 Å². The van der Waals surface area contributed by atoms with E-state index in [-0.39, 0.29) is 28.7 Å². The third kappa shape index (κ3) is 5.33. The number of primary amides is 1. The summed E-state index contributed by atoms with van der Waals surface area (Å²) in [5.74, 6) is -1.41. The Hall–Kier alpha value is -3.41. The summed E-state index contributed by atoms with van der Waals surface area (Å²) in [6.45, 7) is 3.46. The van der Waals surface area contributed by atoms with Crippen molar-refractivity contribution in [3.8, 4) is 11.5 Å². The van der Waals surface area contributed by atoms with Crippen molar-refractivity contribution in [1.29, 1.82) is 0 Å². The highest BCUT2D eigenvalue weighted by atomic mass is 127. The Morgan fingerprint density at radius 3 is 2.52 bits per heavy atom. The molecule has 0 radical (unpaired) electrons. The molecule has 0 saturated heterocycles. The van der Waals surface area contributed by atoms with Gasteiger partial charge in [-0.1, -0.05) is 13.0 Å². The molecule has 0 aliphatic carbocycles. The number of halogens is 2. The Labute approximate surface area is 203 Å². The average Bonchev–Trinajstić information content (AvgIpc) is 2.75. The van der Waals surface area contributed by atoms with E-state index >= 15 is 0 Å². The van der Waals surface area contributed by atoms with E-state index in [2.05, 4.69) is 10.6 Å². The van der Waals surface area contributed by atoms with Crippen molar-refractivity contribution in [2.24, 2.45) is 12.8 Å². The van der Waals surface area contributed by atoms with E-state index in [1.807, 2.05) is 22.6 Å². The van der Waals surface area contributed by atoms with E-state index in [9.17, 15) is 18.8 Å². The number of carbonyl (C=O) groups excluding carboxylic acids is 2. The van der Waals surface area contributed by atoms with Gasteiger partial charge in [0, 0.05) is 34.4 Å². The molecular weight excluding hydrogens is 542 g/mol. The molecule has 0 unspecified atom stereocenters. The number of aromatic nitrogens is 1. The van der Waals surface area contributed by atoms with Crippen LogP contribution in [0.25, 0.3) is 0 Å². The molecule has 0 spiro atoms. The van der Waals surface area contributed by atoms with E-state index in [0.717, 1.165) is 10.6 Å². The lowest BCUT2D eigenvalue weighted by Gasteiger charge is -2.19. The number of pyridine rings is 1. The number of benzene rings is 2. The van der Waals surface area contributed by atoms with Crippen LogP contribution in [0.4, 0.5) is 21.6 Å². The smallest absolute Gasteiger partial charge is 0.256 e. The summed E-state index contributed by atoms with van der Waals surface area (Å²) in [6, 6.07) is 10.6. The maximum atomic E-state index is 14.4. The minimum absolute atomic E-state index is 0.0156. The first-order chi connectivity index (χ1) is 15.6. The molecular formula is C23H22FIN4O4. The lowest BCUT2D eigenvalue weighted by molar-refractivity contribution is -0.115. The van der Waals surface area contributed by atoms with Gasteiger partial charge in [0.25, 0.3) is 11.5 Å². The summed E-state index contributed by atoms with van der Waals surface area (Å²) in [4.78, 5) is 36.8. The molecule has 172 valence electrons. The van der Waals surface area contributed by atoms with E-state index in [4.69, 9.17) is 10.5 Å². The SMILES string of the molecule is CCC(=O)Nc1cccc(Oc2cc(=O)n(C)c(Nc3ccc(I)cc3F)c2C(N)=O)c1C. The molecule has 0 bridgehead atoms. The van der Waals surface area contributed by atoms with Crippen LogP contribution in [0.15, 0.2) is 47.3 Å². The molecule has 0 aliphatic rings. The first-order valence-corrected chi connectivity index (χ1v) is 11.0. The number of anilines is 3. The summed E-state index contributed by atoms with van der Waals surface area (Å²) in [7, 11) is 1.43. The van der Waals surface area contributed by atoms with E-state index < -0.39 is 17.3 Å². The van der Waals surface area contributed by atoms with E-state index in [1.165, 1.54) is 19.2 Å². The second-order valence-electron chi connectivity index (χ2n) is 7.18. The van der Waals surface area contributed by atoms with Crippen LogP contribution in [0.1, 0.15) is 29.3 Å². The van der Waals surface area contributed by atoms with Crippen LogP contribution in [0.2, 0.25) is 0 Å². The van der Waals surface area contributed by atoms with Gasteiger partial charge in [0.1, 0.15) is 28.7 Å². The Bertz CT molecular complexity index is 1310. The maximum absolute atomic E-state index is 14.4. The third-order valence-electron chi connectivity index (χ3n) is 4.93. The summed E-state index contributed by atoms with van der Waals surface area (Å²) in [5.41, 5.74) is 6.18. The third-order valence-corrected chi connectivity index (χ3v) is 5.60. The van der Waals surface area contributed by atoms with Crippen molar-refractivity contribution in [3.05, 3.63) is 73.3 Å². The topological polar surface area (TPSA) is 115 Å². The molecule has 8 nitrogen and oxygen atoms in total. The molecule has 3 aromatic rings. The van der Waals surface area contributed by atoms with Crippen molar-refractivity contribution in [2.45, 2.75) is 20.3 Å². The molecule has 4 N–H and O–H groups in total. The summed E-state index contributed by atoms with van der Waals surface area (Å²) >= 11 is 1.97. The molecule has 33 heavy (non-hydrogen) atoms. The van der Waals surface area contributed by atoms with Crippen molar-refractivity contribution in [1.82, 2.24) is 4.57 Å². The molecule has 0 aliphatic heterocycles. The Kier molecular flexibility index (Phi) is 7.36. The number of nitrogens with two attached hydrogens (primary N) is 1. The highest BCUT2D eigenvalue weighted by Gasteiger charge is 2.22. The summed E-state index contributed by atoms with van der Waals surface area (Å²) in [5, 5.41) is 5.56. The minimum Gasteiger partial charge on any atom is -0.456 e. The molecule has 0 saturated carbocycles. The number of carbonyl (C=O) groups is 2. The van der Waals surface area contributed by atoms with Crippen LogP contribution >= 0.6 is 22.6 Å². The highest BCUT2D eigenvalue weighted by molar-refractivity contribution is 14.1. The molecule has 0 fully saturated rings. The van der Waals surface area contributed by atoms with Crippen molar-refractivity contribution < 1.29 is 18.7 Å². The summed E-state index contributed by atoms with van der Waals surface area (Å²) < 4.78 is 22.2. The molecule has 1 heterocycles. The zero-order valence-corrected chi connectivity index (χ0v) is 20.3. The molecule has 1 aromatic heterocycles. The maximum Gasteiger partial charge on any atom is 0.256 e. The molecule has 0 atom stereocenters. The van der Waals surface area contributed by atoms with Gasteiger partial charge in [-0.3, -0.25) is 19.0 Å². The van der Waals surface area contributed by atoms with Gasteiger partial charge in [0.15, 0.2) is 0 Å². The highest BCUT2D eigenvalue weighted by Crippen LogP contribution is 2.34. The fraction of sp³-hybridized carbons (Fsp3) is 0.174. The largest absolute Gasteiger partial charge is 0.456 e. The first kappa shape index (κ1) is 24.2. The quantitative estimate of drug-likeness (QED) is 0.368. The van der Waals surface area contributed by atoms with Crippen molar-refractivity contribution in [2.75, 3.05) is 10.6 Å². The number of nitrogens with zero attached hydrogens (tertiary/aromatic N) is 1. The van der Waals surface area contributed by atoms with Crippen molar-refractivity contribution >= 4 is 51.6 Å². The predicted octanol–water partition coefficient (Wildman–Crippen LogP) is 4.42. The standard InChI is InChI=1S/C23H22FIN4O4/c1-4-19(30)27-15-6-5-7-17(12(15)2)33-18-11-20(31)29(3)23(21(18)22(26)32)28-16-9-8-13(25)10-14(16)24/h5-11,28H,4H2,1-3H3,(H2,26,32)(H,27,30). The van der Waals surface area contributed by atoms with Gasteiger partial charge in [0.05, 0.1) is 5.69 Å². The lowest BCUT2D eigenvalue weighted by Crippen LogP contribution is -2.25. The second kappa shape index (κ2) is 10.0. The Balaban J connectivity index is 2.10. The molecule has 10 heteroatoms. The minimum atomic E-state index is -0.873. The monoisotopic (exact) mass is 564 g/mol. The number of hydrogen-bond acceptors (Lipinski definition) is 5. The normalized spacial score (nSPS) is 10.6. The van der Waals surface area contributed by atoms with Crippen LogP contribution in [-0.4, -0.2) is 16.4 Å². The van der Waals surface area contributed by atoms with Crippen LogP contribution in [0.3, 0.4) is 0 Å². The first-order valence-electron chi connectivity index (χ1n) is 9.95. The van der Waals surface area contributed by atoms with E-state index in [0.29, 0.717) is 27.0 Å². The zero-order chi connectivity index (χ0) is 24.3. The second-order valence-corrected chi connectivity index (χ2v) is 8.42. The Morgan fingerprint density at radius 2 is 1.88 bits per heavy atom. The van der Waals surface area contributed by atoms with Gasteiger partial charge in [-0.15, -0.1) is 0 Å². The van der Waals surface area contributed by atoms with Gasteiger partial charge in [0.2, 0.25) is 5.91 Å². The lowest BCUT2D eigenvalue weighted by atomic mass is 10.1. The van der Waals surface area contributed by atoms with E-state index in [1.54, 1.807) is 38.1 Å². The van der Waals surface area contributed by atoms with Crippen LogP contribution < -0.4 is 26.7 Å². The Morgan fingerprint density at radius 1 is 1.15 bits per heavy atom. The number of ether oxygens (including phenoxy) is 1. The fourth-order valence-electron chi connectivity index (χ4n) is 3.08. The van der Waals surface area contributed by atoms with Gasteiger partial charge in [-0.05, 0) is 59.8 Å². The van der Waals surface area contributed by atoms with Crippen LogP contribution in [-0.2, 0) is 11.8 Å². The van der Waals surface area contributed by atoms with Crippen LogP contribution in [0.5, 0.6) is 11.5 Å². The average molecular weight is 564 g/mol. The number of hydrogen-bond donors (Lipinski definition) is 3. The number of rotatable bonds is 7. The molecule has 3 rings (SSSR count). The van der Waals surface area contributed by atoms with Gasteiger partial charge < -0.3 is 21.1 Å². The number of nitrogens with one attached hydrogen (secondary N) is 2. The number of amides is 2.